The minimum atomic E-state index is -0.0311. The first kappa shape index (κ1) is 31.2. The quantitative estimate of drug-likeness (QED) is 0.270. The largest absolute Gasteiger partial charge is 0.317 e. The van der Waals surface area contributed by atoms with Crippen molar-refractivity contribution in [3.8, 4) is 0 Å². The summed E-state index contributed by atoms with van der Waals surface area (Å²) >= 11 is 0. The molecule has 2 N–H and O–H groups in total. The molecule has 3 saturated heterocycles. The van der Waals surface area contributed by atoms with Gasteiger partial charge in [-0.1, -0.05) is 71.1 Å². The average Bonchev–Trinajstić information content (AvgIpc) is 3.12. The van der Waals surface area contributed by atoms with Gasteiger partial charge in [-0.25, -0.2) is 0 Å². The van der Waals surface area contributed by atoms with Gasteiger partial charge in [-0.3, -0.25) is 19.4 Å². The number of imide groups is 1. The van der Waals surface area contributed by atoms with Crippen molar-refractivity contribution in [1.82, 2.24) is 20.4 Å². The van der Waals surface area contributed by atoms with Gasteiger partial charge in [0, 0.05) is 42.5 Å². The molecular weight excluding hydrogens is 448 g/mol. The van der Waals surface area contributed by atoms with E-state index in [9.17, 15) is 9.59 Å². The smallest absolute Gasteiger partial charge is 0.233 e. The van der Waals surface area contributed by atoms with Gasteiger partial charge in [0.1, 0.15) is 0 Å². The molecule has 1 atom stereocenters. The van der Waals surface area contributed by atoms with E-state index in [2.05, 4.69) is 57.2 Å². The van der Waals surface area contributed by atoms with E-state index < -0.39 is 0 Å². The van der Waals surface area contributed by atoms with Crippen molar-refractivity contribution in [3.05, 3.63) is 0 Å². The lowest BCUT2D eigenvalue weighted by atomic mass is 9.90. The molecule has 3 aliphatic rings. The van der Waals surface area contributed by atoms with Gasteiger partial charge in [-0.15, -0.1) is 0 Å². The Kier molecular flexibility index (Phi) is 13.4. The summed E-state index contributed by atoms with van der Waals surface area (Å²) in [5.41, 5.74) is 0.587. The predicted molar refractivity (Wildman–Crippen MR) is 151 cm³/mol. The number of amides is 2. The highest BCUT2D eigenvalue weighted by atomic mass is 16.2. The Balaban J connectivity index is 0.000000346. The molecule has 36 heavy (non-hydrogen) atoms. The first-order valence-electron chi connectivity index (χ1n) is 15.1. The van der Waals surface area contributed by atoms with Crippen LogP contribution in [-0.2, 0) is 9.59 Å². The molecule has 0 aromatic carbocycles. The van der Waals surface area contributed by atoms with Crippen molar-refractivity contribution in [2.75, 3.05) is 33.2 Å². The fraction of sp³-hybridized carbons (Fsp3) is 0.933. The molecule has 3 fully saturated rings. The Bertz CT molecular complexity index is 641. The van der Waals surface area contributed by atoms with Gasteiger partial charge >= 0.3 is 0 Å². The number of rotatable bonds is 12. The number of carbonyl (C=O) groups excluding carboxylic acids is 2. The molecule has 0 bridgehead atoms. The van der Waals surface area contributed by atoms with Gasteiger partial charge < -0.3 is 10.6 Å². The van der Waals surface area contributed by atoms with Gasteiger partial charge in [0.15, 0.2) is 0 Å². The van der Waals surface area contributed by atoms with Crippen LogP contribution in [0, 0.1) is 5.92 Å². The fourth-order valence-corrected chi connectivity index (χ4v) is 6.00. The Morgan fingerprint density at radius 1 is 0.778 bits per heavy atom. The normalized spacial score (nSPS) is 24.6. The van der Waals surface area contributed by atoms with Gasteiger partial charge in [-0.2, -0.15) is 0 Å². The van der Waals surface area contributed by atoms with E-state index in [-0.39, 0.29) is 23.8 Å². The van der Waals surface area contributed by atoms with Crippen LogP contribution in [0.4, 0.5) is 0 Å². The maximum absolute atomic E-state index is 12.6. The van der Waals surface area contributed by atoms with Crippen LogP contribution in [0.15, 0.2) is 0 Å². The van der Waals surface area contributed by atoms with E-state index in [0.29, 0.717) is 17.5 Å². The van der Waals surface area contributed by atoms with Crippen LogP contribution in [-0.4, -0.2) is 72.0 Å². The maximum atomic E-state index is 12.6. The first-order valence-corrected chi connectivity index (χ1v) is 15.1. The number of nitrogens with zero attached hydrogens (tertiary/aromatic N) is 2. The SMILES string of the molecule is CCCCCCCCCCCCC1CC(=O)N(C2CCNCC2)C1=O.CN1C(C)(C)CNCC1(C)C. The Hall–Kier alpha value is -0.980. The third-order valence-electron chi connectivity index (χ3n) is 8.79. The Morgan fingerprint density at radius 3 is 1.78 bits per heavy atom. The monoisotopic (exact) mass is 506 g/mol. The number of hydrogen-bond acceptors (Lipinski definition) is 5. The molecular formula is C30H58N4O2. The van der Waals surface area contributed by atoms with Gasteiger partial charge in [-0.05, 0) is 67.1 Å². The number of unbranched alkanes of at least 4 members (excludes halogenated alkanes) is 9. The summed E-state index contributed by atoms with van der Waals surface area (Å²) in [6.07, 6.45) is 16.3. The second-order valence-electron chi connectivity index (χ2n) is 12.7. The predicted octanol–water partition coefficient (Wildman–Crippen LogP) is 5.50. The van der Waals surface area contributed by atoms with E-state index >= 15 is 0 Å². The van der Waals surface area contributed by atoms with E-state index in [1.807, 2.05) is 0 Å². The van der Waals surface area contributed by atoms with Crippen LogP contribution in [0.25, 0.3) is 0 Å². The van der Waals surface area contributed by atoms with Crippen molar-refractivity contribution < 1.29 is 9.59 Å². The highest BCUT2D eigenvalue weighted by Crippen LogP contribution is 2.29. The van der Waals surface area contributed by atoms with Crippen LogP contribution < -0.4 is 10.6 Å². The zero-order valence-electron chi connectivity index (χ0n) is 24.6. The molecule has 0 aliphatic carbocycles. The van der Waals surface area contributed by atoms with E-state index in [0.717, 1.165) is 51.9 Å². The fourth-order valence-electron chi connectivity index (χ4n) is 6.00. The minimum Gasteiger partial charge on any atom is -0.317 e. The van der Waals surface area contributed by atoms with E-state index in [1.54, 1.807) is 4.90 Å². The van der Waals surface area contributed by atoms with Gasteiger partial charge in [0.05, 0.1) is 0 Å². The van der Waals surface area contributed by atoms with Crippen LogP contribution in [0.3, 0.4) is 0 Å². The minimum absolute atomic E-state index is 0.0311. The van der Waals surface area contributed by atoms with Gasteiger partial charge in [0.2, 0.25) is 11.8 Å². The van der Waals surface area contributed by atoms with Crippen molar-refractivity contribution in [3.63, 3.8) is 0 Å². The second kappa shape index (κ2) is 15.4. The lowest BCUT2D eigenvalue weighted by molar-refractivity contribution is -0.142. The molecule has 3 rings (SSSR count). The number of likely N-dealkylation sites (tertiary alicyclic amines) is 1. The number of piperazine rings is 1. The Labute approximate surface area is 222 Å². The highest BCUT2D eigenvalue weighted by Gasteiger charge is 2.42. The number of nitrogens with one attached hydrogen (secondary N) is 2. The first-order chi connectivity index (χ1) is 17.1. The van der Waals surface area contributed by atoms with Crippen LogP contribution >= 0.6 is 0 Å². The van der Waals surface area contributed by atoms with Crippen molar-refractivity contribution >= 4 is 11.8 Å². The summed E-state index contributed by atoms with van der Waals surface area (Å²) in [7, 11) is 2.21. The number of hydrogen-bond donors (Lipinski definition) is 2. The standard InChI is InChI=1S/C21H38N2O2.C9H20N2/c1-2-3-4-5-6-7-8-9-10-11-12-18-17-20(24)23(21(18)25)19-13-15-22-16-14-19;1-8(2)6-10-7-9(3,4)11(8)5/h18-19,22H,2-17H2,1H3;10H,6-7H2,1-5H3. The Morgan fingerprint density at radius 2 is 1.28 bits per heavy atom. The highest BCUT2D eigenvalue weighted by molar-refractivity contribution is 6.03. The van der Waals surface area contributed by atoms with Crippen molar-refractivity contribution in [2.45, 2.75) is 142 Å². The molecule has 0 aromatic rings. The third kappa shape index (κ3) is 9.72. The van der Waals surface area contributed by atoms with Crippen LogP contribution in [0.5, 0.6) is 0 Å². The topological polar surface area (TPSA) is 64.7 Å². The zero-order valence-corrected chi connectivity index (χ0v) is 24.6. The summed E-state index contributed by atoms with van der Waals surface area (Å²) in [4.78, 5) is 28.9. The molecule has 0 aromatic heterocycles. The molecule has 6 heteroatoms. The number of likely N-dealkylation sites (N-methyl/N-ethyl adjacent to an activating group) is 1. The van der Waals surface area contributed by atoms with Gasteiger partial charge in [0.25, 0.3) is 0 Å². The summed E-state index contributed by atoms with van der Waals surface area (Å²) < 4.78 is 0. The lowest BCUT2D eigenvalue weighted by Gasteiger charge is -2.51. The van der Waals surface area contributed by atoms with E-state index in [4.69, 9.17) is 0 Å². The number of carbonyl (C=O) groups is 2. The van der Waals surface area contributed by atoms with Crippen LogP contribution in [0.2, 0.25) is 0 Å². The molecule has 3 heterocycles. The summed E-state index contributed by atoms with van der Waals surface area (Å²) in [5, 5.41) is 6.76. The molecule has 0 spiro atoms. The zero-order chi connectivity index (χ0) is 26.6. The molecule has 2 amide bonds. The van der Waals surface area contributed by atoms with E-state index in [1.165, 1.54) is 57.8 Å². The molecule has 6 nitrogen and oxygen atoms in total. The molecule has 210 valence electrons. The molecule has 3 aliphatic heterocycles. The second-order valence-corrected chi connectivity index (χ2v) is 12.7. The van der Waals surface area contributed by atoms with Crippen molar-refractivity contribution in [1.29, 1.82) is 0 Å². The van der Waals surface area contributed by atoms with Crippen molar-refractivity contribution in [2.24, 2.45) is 5.92 Å². The summed E-state index contributed by atoms with van der Waals surface area (Å²) in [5.74, 6) is 0.165. The molecule has 0 saturated carbocycles. The summed E-state index contributed by atoms with van der Waals surface area (Å²) in [6.45, 7) is 15.4. The third-order valence-corrected chi connectivity index (χ3v) is 8.79. The lowest BCUT2D eigenvalue weighted by Crippen LogP contribution is -2.66. The molecule has 0 radical (unpaired) electrons. The maximum Gasteiger partial charge on any atom is 0.233 e. The number of piperidine rings is 1. The summed E-state index contributed by atoms with van der Waals surface area (Å²) in [6, 6.07) is 0.152. The average molecular weight is 507 g/mol. The molecule has 1 unspecified atom stereocenters. The van der Waals surface area contributed by atoms with Crippen LogP contribution in [0.1, 0.15) is 125 Å².